The lowest BCUT2D eigenvalue weighted by atomic mass is 10.1. The van der Waals surface area contributed by atoms with Gasteiger partial charge in [-0.1, -0.05) is 48.7 Å². The molecule has 0 unspecified atom stereocenters. The van der Waals surface area contributed by atoms with Gasteiger partial charge in [-0.25, -0.2) is 0 Å². The molecule has 0 radical (unpaired) electrons. The van der Waals surface area contributed by atoms with E-state index in [1.54, 1.807) is 22.8 Å². The van der Waals surface area contributed by atoms with Crippen molar-refractivity contribution in [3.63, 3.8) is 0 Å². The second-order valence-electron chi connectivity index (χ2n) is 7.61. The summed E-state index contributed by atoms with van der Waals surface area (Å²) in [4.78, 5) is 26.4. The van der Waals surface area contributed by atoms with E-state index >= 15 is 0 Å². The minimum Gasteiger partial charge on any atom is -0.366 e. The Morgan fingerprint density at radius 1 is 1.21 bits per heavy atom. The molecule has 156 valence electrons. The van der Waals surface area contributed by atoms with E-state index in [0.29, 0.717) is 36.1 Å². The van der Waals surface area contributed by atoms with Crippen LogP contribution in [0.5, 0.6) is 0 Å². The molecule has 1 saturated heterocycles. The van der Waals surface area contributed by atoms with Crippen LogP contribution in [0.25, 0.3) is 0 Å². The summed E-state index contributed by atoms with van der Waals surface area (Å²) in [5, 5.41) is 0.662. The topological polar surface area (TPSA) is 68.3 Å². The highest BCUT2D eigenvalue weighted by molar-refractivity contribution is 6.34. The van der Waals surface area contributed by atoms with Gasteiger partial charge in [0.25, 0.3) is 5.56 Å². The summed E-state index contributed by atoms with van der Waals surface area (Å²) in [5.74, 6) is -0.455. The fourth-order valence-electron chi connectivity index (χ4n) is 4.07. The molecular weight excluding hydrogens is 409 g/mol. The number of pyridine rings is 1. The Bertz CT molecular complexity index is 925. The van der Waals surface area contributed by atoms with Gasteiger partial charge in [0, 0.05) is 24.7 Å². The summed E-state index contributed by atoms with van der Waals surface area (Å²) in [6, 6.07) is 9.21. The second kappa shape index (κ2) is 9.79. The number of hydrogen-bond donors (Lipinski definition) is 1. The van der Waals surface area contributed by atoms with Gasteiger partial charge < -0.3 is 10.3 Å². The van der Waals surface area contributed by atoms with E-state index in [4.69, 9.17) is 28.9 Å². The molecule has 1 aromatic carbocycles. The largest absolute Gasteiger partial charge is 0.366 e. The fraction of sp³-hybridized carbons (Fsp3) is 0.455. The molecule has 29 heavy (non-hydrogen) atoms. The van der Waals surface area contributed by atoms with Crippen LogP contribution >= 0.6 is 23.2 Å². The van der Waals surface area contributed by atoms with Crippen LogP contribution in [-0.2, 0) is 19.5 Å². The summed E-state index contributed by atoms with van der Waals surface area (Å²) in [6.45, 7) is 4.34. The zero-order chi connectivity index (χ0) is 21.0. The van der Waals surface area contributed by atoms with E-state index in [1.165, 1.54) is 12.8 Å². The molecule has 1 atom stereocenters. The molecule has 2 heterocycles. The zero-order valence-corrected chi connectivity index (χ0v) is 18.2. The minimum atomic E-state index is -0.455. The van der Waals surface area contributed by atoms with Gasteiger partial charge in [-0.15, -0.1) is 0 Å². The van der Waals surface area contributed by atoms with Crippen LogP contribution in [0.1, 0.15) is 54.2 Å². The standard InChI is InChI=1S/C22H27Cl2N3O2/c1-2-4-17-5-3-11-26(17)14-20-18(23)13-19(24)22(29)27(20)12-10-15-6-8-16(9-7-15)21(25)28/h6-9,13,17H,2-5,10-12,14H2,1H3,(H2,25,28)/t17-/m0/s1. The highest BCUT2D eigenvalue weighted by Crippen LogP contribution is 2.27. The maximum Gasteiger partial charge on any atom is 0.269 e. The fourth-order valence-corrected chi connectivity index (χ4v) is 4.60. The number of nitrogens with two attached hydrogens (primary N) is 1. The molecule has 3 rings (SSSR count). The number of halogens is 2. The average molecular weight is 436 g/mol. The third-order valence-electron chi connectivity index (χ3n) is 5.64. The summed E-state index contributed by atoms with van der Waals surface area (Å²) >= 11 is 12.7. The van der Waals surface area contributed by atoms with Crippen molar-refractivity contribution in [2.45, 2.75) is 58.2 Å². The van der Waals surface area contributed by atoms with Crippen LogP contribution in [0.15, 0.2) is 35.1 Å². The minimum absolute atomic E-state index is 0.134. The van der Waals surface area contributed by atoms with Crippen LogP contribution < -0.4 is 11.3 Å². The van der Waals surface area contributed by atoms with Crippen LogP contribution in [0.3, 0.4) is 0 Å². The quantitative estimate of drug-likeness (QED) is 0.673. The molecule has 0 bridgehead atoms. The number of nitrogens with zero attached hydrogens (tertiary/aromatic N) is 2. The van der Waals surface area contributed by atoms with Crippen LogP contribution in [-0.4, -0.2) is 28.0 Å². The molecule has 5 nitrogen and oxygen atoms in total. The van der Waals surface area contributed by atoms with Crippen molar-refractivity contribution in [1.29, 1.82) is 0 Å². The highest BCUT2D eigenvalue weighted by Gasteiger charge is 2.26. The Morgan fingerprint density at radius 3 is 2.59 bits per heavy atom. The van der Waals surface area contributed by atoms with Crippen molar-refractivity contribution >= 4 is 29.1 Å². The lowest BCUT2D eigenvalue weighted by Crippen LogP contribution is -2.33. The molecule has 7 heteroatoms. The Balaban J connectivity index is 1.83. The van der Waals surface area contributed by atoms with Crippen molar-refractivity contribution in [2.75, 3.05) is 6.54 Å². The number of carbonyl (C=O) groups is 1. The number of carbonyl (C=O) groups excluding carboxylic acids is 1. The van der Waals surface area contributed by atoms with Gasteiger partial charge in [-0.05, 0) is 56.0 Å². The van der Waals surface area contributed by atoms with E-state index in [-0.39, 0.29) is 10.6 Å². The Kier molecular flexibility index (Phi) is 7.38. The molecule has 0 aliphatic carbocycles. The average Bonchev–Trinajstić information content (AvgIpc) is 3.13. The van der Waals surface area contributed by atoms with E-state index in [9.17, 15) is 9.59 Å². The van der Waals surface area contributed by atoms with E-state index in [0.717, 1.165) is 30.6 Å². The molecule has 0 saturated carbocycles. The lowest BCUT2D eigenvalue weighted by molar-refractivity contribution is 0.100. The van der Waals surface area contributed by atoms with Crippen molar-refractivity contribution in [3.8, 4) is 0 Å². The monoisotopic (exact) mass is 435 g/mol. The first-order valence-electron chi connectivity index (χ1n) is 10.1. The molecule has 2 aromatic rings. The summed E-state index contributed by atoms with van der Waals surface area (Å²) in [6.07, 6.45) is 5.29. The summed E-state index contributed by atoms with van der Waals surface area (Å²) < 4.78 is 1.70. The number of likely N-dealkylation sites (tertiary alicyclic amines) is 1. The summed E-state index contributed by atoms with van der Waals surface area (Å²) in [7, 11) is 0. The van der Waals surface area contributed by atoms with Crippen LogP contribution in [0.4, 0.5) is 0 Å². The zero-order valence-electron chi connectivity index (χ0n) is 16.7. The van der Waals surface area contributed by atoms with Gasteiger partial charge in [0.15, 0.2) is 0 Å². The maximum absolute atomic E-state index is 12.8. The molecule has 1 fully saturated rings. The number of rotatable bonds is 8. The second-order valence-corrected chi connectivity index (χ2v) is 8.42. The van der Waals surface area contributed by atoms with Gasteiger partial charge in [-0.2, -0.15) is 0 Å². The number of primary amides is 1. The lowest BCUT2D eigenvalue weighted by Gasteiger charge is -2.26. The number of benzene rings is 1. The Morgan fingerprint density at radius 2 is 1.93 bits per heavy atom. The Labute approximate surface area is 181 Å². The Hall–Kier alpha value is -1.82. The molecule has 1 amide bonds. The van der Waals surface area contributed by atoms with Crippen LogP contribution in [0, 0.1) is 0 Å². The van der Waals surface area contributed by atoms with E-state index in [2.05, 4.69) is 11.8 Å². The number of aromatic nitrogens is 1. The van der Waals surface area contributed by atoms with Crippen molar-refractivity contribution < 1.29 is 4.79 Å². The molecule has 0 spiro atoms. The maximum atomic E-state index is 12.8. The van der Waals surface area contributed by atoms with Crippen molar-refractivity contribution in [3.05, 3.63) is 67.6 Å². The van der Waals surface area contributed by atoms with E-state index < -0.39 is 5.91 Å². The SMILES string of the molecule is CCC[C@H]1CCCN1Cc1c(Cl)cc(Cl)c(=O)n1CCc1ccc(C(N)=O)cc1. The van der Waals surface area contributed by atoms with Crippen LogP contribution in [0.2, 0.25) is 10.0 Å². The van der Waals surface area contributed by atoms with Gasteiger partial charge in [-0.3, -0.25) is 14.5 Å². The van der Waals surface area contributed by atoms with E-state index in [1.807, 2.05) is 12.1 Å². The first kappa shape index (κ1) is 21.9. The van der Waals surface area contributed by atoms with Gasteiger partial charge >= 0.3 is 0 Å². The van der Waals surface area contributed by atoms with Crippen molar-refractivity contribution in [2.24, 2.45) is 5.73 Å². The molecule has 1 aromatic heterocycles. The van der Waals surface area contributed by atoms with Crippen molar-refractivity contribution in [1.82, 2.24) is 9.47 Å². The first-order chi connectivity index (χ1) is 13.9. The third-order valence-corrected chi connectivity index (χ3v) is 6.24. The smallest absolute Gasteiger partial charge is 0.269 e. The third kappa shape index (κ3) is 5.21. The molecule has 1 aliphatic rings. The summed E-state index contributed by atoms with van der Waals surface area (Å²) in [5.41, 5.74) is 7.37. The molecule has 1 aliphatic heterocycles. The molecular formula is C22H27Cl2N3O2. The van der Waals surface area contributed by atoms with Gasteiger partial charge in [0.05, 0.1) is 10.7 Å². The number of aryl methyl sites for hydroxylation is 1. The first-order valence-corrected chi connectivity index (χ1v) is 10.9. The highest BCUT2D eigenvalue weighted by atomic mass is 35.5. The number of amides is 1. The number of hydrogen-bond acceptors (Lipinski definition) is 3. The molecule has 2 N–H and O–H groups in total. The van der Waals surface area contributed by atoms with Gasteiger partial charge in [0.1, 0.15) is 5.02 Å². The van der Waals surface area contributed by atoms with Gasteiger partial charge in [0.2, 0.25) is 5.91 Å². The predicted octanol–water partition coefficient (Wildman–Crippen LogP) is 4.26. The normalized spacial score (nSPS) is 17.0. The predicted molar refractivity (Wildman–Crippen MR) is 118 cm³/mol.